The van der Waals surface area contributed by atoms with Gasteiger partial charge in [0.15, 0.2) is 0 Å². The summed E-state index contributed by atoms with van der Waals surface area (Å²) in [5.74, 6) is 0.119. The van der Waals surface area contributed by atoms with Crippen LogP contribution in [-0.2, 0) is 4.79 Å². The fourth-order valence-electron chi connectivity index (χ4n) is 3.37. The van der Waals surface area contributed by atoms with E-state index in [9.17, 15) is 9.59 Å². The third-order valence-electron chi connectivity index (χ3n) is 4.40. The van der Waals surface area contributed by atoms with Crippen LogP contribution < -0.4 is 10.4 Å². The quantitative estimate of drug-likeness (QED) is 0.388. The molecule has 0 aliphatic carbocycles. The monoisotopic (exact) mass is 320 g/mol. The van der Waals surface area contributed by atoms with E-state index in [2.05, 4.69) is 0 Å². The highest BCUT2D eigenvalue weighted by Gasteiger charge is 2.30. The molecule has 1 aliphatic rings. The van der Waals surface area contributed by atoms with Crippen LogP contribution in [0.25, 0.3) is 11.0 Å². The van der Waals surface area contributed by atoms with Gasteiger partial charge < -0.3 is 9.15 Å². The minimum absolute atomic E-state index is 0.186. The smallest absolute Gasteiger partial charge is 0.336 e. The average molecular weight is 320 g/mol. The van der Waals surface area contributed by atoms with Crippen LogP contribution in [0.3, 0.4) is 0 Å². The van der Waals surface area contributed by atoms with Gasteiger partial charge >= 0.3 is 11.6 Å². The first-order chi connectivity index (χ1) is 11.5. The minimum atomic E-state index is -0.393. The first-order valence-electron chi connectivity index (χ1n) is 7.87. The second kappa shape index (κ2) is 5.34. The predicted molar refractivity (Wildman–Crippen MR) is 90.5 cm³/mol. The molecular weight excluding hydrogens is 304 g/mol. The van der Waals surface area contributed by atoms with Crippen molar-refractivity contribution in [3.63, 3.8) is 0 Å². The van der Waals surface area contributed by atoms with Crippen molar-refractivity contribution in [1.29, 1.82) is 0 Å². The molecule has 0 spiro atoms. The van der Waals surface area contributed by atoms with E-state index in [0.29, 0.717) is 11.3 Å². The van der Waals surface area contributed by atoms with Gasteiger partial charge in [0.25, 0.3) is 0 Å². The summed E-state index contributed by atoms with van der Waals surface area (Å²) in [6.07, 6.45) is 0.230. The van der Waals surface area contributed by atoms with Gasteiger partial charge in [-0.3, -0.25) is 4.79 Å². The summed E-state index contributed by atoms with van der Waals surface area (Å²) >= 11 is 0. The van der Waals surface area contributed by atoms with Crippen molar-refractivity contribution < 1.29 is 13.9 Å². The first-order valence-corrected chi connectivity index (χ1v) is 7.87. The van der Waals surface area contributed by atoms with E-state index in [1.54, 1.807) is 6.07 Å². The standard InChI is InChI=1S/C20H16O4/c1-11-3-5-17-15(8-11)14(10-19(22)23-17)16-9-12(2)7-13-4-6-18(21)24-20(13)16/h3-9,14H,10H2,1-2H3. The number of carbonyl (C=O) groups is 1. The molecule has 0 amide bonds. The van der Waals surface area contributed by atoms with E-state index in [0.717, 1.165) is 27.6 Å². The fourth-order valence-corrected chi connectivity index (χ4v) is 3.37. The Bertz CT molecular complexity index is 1030. The number of fused-ring (bicyclic) bond motifs is 2. The molecule has 0 saturated heterocycles. The molecule has 0 bridgehead atoms. The summed E-state index contributed by atoms with van der Waals surface area (Å²) in [5, 5.41) is 0.859. The van der Waals surface area contributed by atoms with Crippen molar-refractivity contribution in [3.8, 4) is 5.75 Å². The van der Waals surface area contributed by atoms with Gasteiger partial charge in [0, 0.05) is 28.5 Å². The molecule has 4 nitrogen and oxygen atoms in total. The first kappa shape index (κ1) is 14.7. The summed E-state index contributed by atoms with van der Waals surface area (Å²) < 4.78 is 10.8. The Morgan fingerprint density at radius 3 is 2.54 bits per heavy atom. The third kappa shape index (κ3) is 2.40. The van der Waals surface area contributed by atoms with Gasteiger partial charge in [-0.1, -0.05) is 23.8 Å². The lowest BCUT2D eigenvalue weighted by molar-refractivity contribution is -0.135. The zero-order valence-corrected chi connectivity index (χ0v) is 13.5. The van der Waals surface area contributed by atoms with Gasteiger partial charge in [-0.15, -0.1) is 0 Å². The molecule has 4 rings (SSSR count). The van der Waals surface area contributed by atoms with Crippen molar-refractivity contribution in [2.24, 2.45) is 0 Å². The van der Waals surface area contributed by atoms with Crippen molar-refractivity contribution >= 4 is 16.9 Å². The maximum absolute atomic E-state index is 12.1. The number of esters is 1. The maximum Gasteiger partial charge on any atom is 0.336 e. The van der Waals surface area contributed by atoms with Crippen LogP contribution in [0.2, 0.25) is 0 Å². The molecule has 2 aromatic carbocycles. The second-order valence-corrected chi connectivity index (χ2v) is 6.30. The molecule has 120 valence electrons. The van der Waals surface area contributed by atoms with Gasteiger partial charge in [0.2, 0.25) is 0 Å². The van der Waals surface area contributed by atoms with Crippen molar-refractivity contribution in [3.05, 3.63) is 75.1 Å². The zero-order chi connectivity index (χ0) is 16.8. The minimum Gasteiger partial charge on any atom is -0.426 e. The fraction of sp³-hybridized carbons (Fsp3) is 0.200. The molecule has 0 radical (unpaired) electrons. The number of benzene rings is 2. The summed E-state index contributed by atoms with van der Waals surface area (Å²) in [6.45, 7) is 3.99. The normalized spacial score (nSPS) is 16.8. The Morgan fingerprint density at radius 1 is 0.917 bits per heavy atom. The number of hydrogen-bond acceptors (Lipinski definition) is 4. The van der Waals surface area contributed by atoms with Gasteiger partial charge in [-0.05, 0) is 37.6 Å². The molecule has 1 unspecified atom stereocenters. The topological polar surface area (TPSA) is 56.5 Å². The van der Waals surface area contributed by atoms with E-state index < -0.39 is 5.63 Å². The lowest BCUT2D eigenvalue weighted by Gasteiger charge is -2.26. The number of carbonyl (C=O) groups excluding carboxylic acids is 1. The lowest BCUT2D eigenvalue weighted by Crippen LogP contribution is -2.21. The average Bonchev–Trinajstić information content (AvgIpc) is 2.54. The van der Waals surface area contributed by atoms with Crippen LogP contribution in [0.1, 0.15) is 34.6 Å². The van der Waals surface area contributed by atoms with Crippen LogP contribution in [0.5, 0.6) is 5.75 Å². The Morgan fingerprint density at radius 2 is 1.71 bits per heavy atom. The van der Waals surface area contributed by atoms with Crippen LogP contribution in [-0.4, -0.2) is 5.97 Å². The van der Waals surface area contributed by atoms with Crippen LogP contribution in [0, 0.1) is 13.8 Å². The van der Waals surface area contributed by atoms with Gasteiger partial charge in [0.1, 0.15) is 11.3 Å². The number of ether oxygens (including phenoxy) is 1. The molecule has 4 heteroatoms. The number of rotatable bonds is 1. The summed E-state index contributed by atoms with van der Waals surface area (Å²) in [6, 6.07) is 12.9. The molecule has 0 fully saturated rings. The molecular formula is C20H16O4. The number of aryl methyl sites for hydroxylation is 2. The highest BCUT2D eigenvalue weighted by Crippen LogP contribution is 2.41. The van der Waals surface area contributed by atoms with E-state index in [1.807, 2.05) is 44.2 Å². The molecule has 3 aromatic rings. The summed E-state index contributed by atoms with van der Waals surface area (Å²) in [4.78, 5) is 23.8. The van der Waals surface area contributed by atoms with Gasteiger partial charge in [0.05, 0.1) is 6.42 Å². The highest BCUT2D eigenvalue weighted by molar-refractivity contribution is 5.84. The van der Waals surface area contributed by atoms with E-state index in [1.165, 1.54) is 6.07 Å². The summed E-state index contributed by atoms with van der Waals surface area (Å²) in [5.41, 5.74) is 4.10. The molecule has 0 N–H and O–H groups in total. The Labute approximate surface area is 138 Å². The van der Waals surface area contributed by atoms with Gasteiger partial charge in [-0.25, -0.2) is 4.79 Å². The zero-order valence-electron chi connectivity index (χ0n) is 13.5. The van der Waals surface area contributed by atoms with Crippen molar-refractivity contribution in [2.75, 3.05) is 0 Å². The Balaban J connectivity index is 2.01. The van der Waals surface area contributed by atoms with Crippen LogP contribution >= 0.6 is 0 Å². The van der Waals surface area contributed by atoms with E-state index in [4.69, 9.17) is 9.15 Å². The molecule has 1 aromatic heterocycles. The van der Waals surface area contributed by atoms with Crippen molar-refractivity contribution in [2.45, 2.75) is 26.2 Å². The van der Waals surface area contributed by atoms with Crippen LogP contribution in [0.4, 0.5) is 0 Å². The SMILES string of the molecule is Cc1ccc2c(c1)C(c1cc(C)cc3ccc(=O)oc13)CC(=O)O2. The number of hydrogen-bond donors (Lipinski definition) is 0. The Kier molecular flexibility index (Phi) is 3.27. The maximum atomic E-state index is 12.1. The largest absolute Gasteiger partial charge is 0.426 e. The highest BCUT2D eigenvalue weighted by atomic mass is 16.5. The van der Waals surface area contributed by atoms with E-state index in [-0.39, 0.29) is 18.3 Å². The van der Waals surface area contributed by atoms with Crippen molar-refractivity contribution in [1.82, 2.24) is 0 Å². The van der Waals surface area contributed by atoms with Crippen LogP contribution in [0.15, 0.2) is 51.7 Å². The lowest BCUT2D eigenvalue weighted by atomic mass is 9.84. The molecule has 2 heterocycles. The molecule has 1 atom stereocenters. The van der Waals surface area contributed by atoms with E-state index >= 15 is 0 Å². The predicted octanol–water partition coefficient (Wildman–Crippen LogP) is 3.85. The molecule has 24 heavy (non-hydrogen) atoms. The second-order valence-electron chi connectivity index (χ2n) is 6.30. The van der Waals surface area contributed by atoms with Gasteiger partial charge in [-0.2, -0.15) is 0 Å². The third-order valence-corrected chi connectivity index (χ3v) is 4.40. The summed E-state index contributed by atoms with van der Waals surface area (Å²) in [7, 11) is 0. The molecule has 0 saturated carbocycles. The Hall–Kier alpha value is -2.88. The molecule has 1 aliphatic heterocycles.